The molecule has 3 N–H and O–H groups in total. The van der Waals surface area contributed by atoms with Crippen LogP contribution >= 0.6 is 11.3 Å². The van der Waals surface area contributed by atoms with Crippen molar-refractivity contribution in [2.24, 2.45) is 5.73 Å². The molecule has 0 radical (unpaired) electrons. The third kappa shape index (κ3) is 3.28. The Kier molecular flexibility index (Phi) is 4.37. The molecule has 0 aliphatic carbocycles. The normalized spacial score (nSPS) is 10.7. The first-order chi connectivity index (χ1) is 9.90. The SMILES string of the molecule is CC(C)c1cc(C(N)=O)c(NC(=O)c2ccccc2F)s1. The van der Waals surface area contributed by atoms with Gasteiger partial charge in [-0.1, -0.05) is 26.0 Å². The summed E-state index contributed by atoms with van der Waals surface area (Å²) in [6, 6.07) is 7.32. The molecule has 1 aromatic carbocycles. The minimum atomic E-state index is -0.623. The van der Waals surface area contributed by atoms with Crippen molar-refractivity contribution in [3.8, 4) is 0 Å². The van der Waals surface area contributed by atoms with Crippen molar-refractivity contribution in [2.75, 3.05) is 5.32 Å². The van der Waals surface area contributed by atoms with Crippen LogP contribution in [0.1, 0.15) is 45.4 Å². The van der Waals surface area contributed by atoms with Crippen LogP contribution in [0.3, 0.4) is 0 Å². The molecular formula is C15H15FN2O2S. The molecule has 0 saturated carbocycles. The van der Waals surface area contributed by atoms with Crippen LogP contribution < -0.4 is 11.1 Å². The number of nitrogens with two attached hydrogens (primary N) is 1. The monoisotopic (exact) mass is 306 g/mol. The van der Waals surface area contributed by atoms with Gasteiger partial charge in [0, 0.05) is 4.88 Å². The zero-order valence-corrected chi connectivity index (χ0v) is 12.5. The smallest absolute Gasteiger partial charge is 0.259 e. The second-order valence-electron chi connectivity index (χ2n) is 4.84. The lowest BCUT2D eigenvalue weighted by Gasteiger charge is -2.05. The number of anilines is 1. The minimum absolute atomic E-state index is 0.0765. The topological polar surface area (TPSA) is 72.2 Å². The Labute approximate surface area is 125 Å². The number of hydrogen-bond acceptors (Lipinski definition) is 3. The maximum Gasteiger partial charge on any atom is 0.259 e. The molecule has 1 aromatic heterocycles. The van der Waals surface area contributed by atoms with E-state index in [9.17, 15) is 14.0 Å². The summed E-state index contributed by atoms with van der Waals surface area (Å²) >= 11 is 1.27. The number of benzene rings is 1. The van der Waals surface area contributed by atoms with Crippen molar-refractivity contribution in [1.82, 2.24) is 0 Å². The predicted molar refractivity (Wildman–Crippen MR) is 81.3 cm³/mol. The minimum Gasteiger partial charge on any atom is -0.366 e. The third-order valence-corrected chi connectivity index (χ3v) is 4.28. The van der Waals surface area contributed by atoms with Gasteiger partial charge < -0.3 is 11.1 Å². The van der Waals surface area contributed by atoms with Crippen molar-refractivity contribution >= 4 is 28.2 Å². The number of thiophene rings is 1. The predicted octanol–water partition coefficient (Wildman–Crippen LogP) is 3.36. The van der Waals surface area contributed by atoms with Gasteiger partial charge in [-0.15, -0.1) is 11.3 Å². The summed E-state index contributed by atoms with van der Waals surface area (Å²) < 4.78 is 13.6. The quantitative estimate of drug-likeness (QED) is 0.909. The van der Waals surface area contributed by atoms with E-state index < -0.39 is 17.6 Å². The van der Waals surface area contributed by atoms with Crippen LogP contribution in [-0.4, -0.2) is 11.8 Å². The molecule has 0 unspecified atom stereocenters. The molecule has 21 heavy (non-hydrogen) atoms. The number of carbonyl (C=O) groups is 2. The lowest BCUT2D eigenvalue weighted by molar-refractivity contribution is 0.100. The molecule has 0 spiro atoms. The molecule has 2 aromatic rings. The van der Waals surface area contributed by atoms with Crippen molar-refractivity contribution in [2.45, 2.75) is 19.8 Å². The highest BCUT2D eigenvalue weighted by Crippen LogP contribution is 2.33. The van der Waals surface area contributed by atoms with E-state index in [1.165, 1.54) is 29.5 Å². The van der Waals surface area contributed by atoms with Gasteiger partial charge in [0.05, 0.1) is 11.1 Å². The molecule has 0 saturated heterocycles. The van der Waals surface area contributed by atoms with E-state index in [2.05, 4.69) is 5.32 Å². The molecule has 0 bridgehead atoms. The van der Waals surface area contributed by atoms with Crippen LogP contribution in [-0.2, 0) is 0 Å². The highest BCUT2D eigenvalue weighted by molar-refractivity contribution is 7.16. The van der Waals surface area contributed by atoms with Gasteiger partial charge in [-0.3, -0.25) is 9.59 Å². The molecule has 2 amide bonds. The van der Waals surface area contributed by atoms with Crippen LogP contribution in [0, 0.1) is 5.82 Å². The highest BCUT2D eigenvalue weighted by atomic mass is 32.1. The second kappa shape index (κ2) is 6.05. The van der Waals surface area contributed by atoms with Crippen LogP contribution in [0.4, 0.5) is 9.39 Å². The number of carbonyl (C=O) groups excluding carboxylic acids is 2. The molecule has 110 valence electrons. The molecule has 0 atom stereocenters. The molecular weight excluding hydrogens is 291 g/mol. The van der Waals surface area contributed by atoms with Gasteiger partial charge in [0.2, 0.25) is 0 Å². The fourth-order valence-corrected chi connectivity index (χ4v) is 2.85. The Hall–Kier alpha value is -2.21. The lowest BCUT2D eigenvalue weighted by atomic mass is 10.1. The number of hydrogen-bond donors (Lipinski definition) is 2. The summed E-state index contributed by atoms with van der Waals surface area (Å²) in [6.07, 6.45) is 0. The maximum atomic E-state index is 13.6. The Morgan fingerprint density at radius 2 is 1.90 bits per heavy atom. The largest absolute Gasteiger partial charge is 0.366 e. The van der Waals surface area contributed by atoms with Gasteiger partial charge in [0.1, 0.15) is 10.8 Å². The van der Waals surface area contributed by atoms with E-state index >= 15 is 0 Å². The average molecular weight is 306 g/mol. The Morgan fingerprint density at radius 1 is 1.24 bits per heavy atom. The molecule has 1 heterocycles. The van der Waals surface area contributed by atoms with E-state index in [0.717, 1.165) is 4.88 Å². The first-order valence-electron chi connectivity index (χ1n) is 6.39. The van der Waals surface area contributed by atoms with E-state index in [-0.39, 0.29) is 17.0 Å². The van der Waals surface area contributed by atoms with Crippen molar-refractivity contribution in [1.29, 1.82) is 0 Å². The van der Waals surface area contributed by atoms with E-state index in [1.54, 1.807) is 12.1 Å². The third-order valence-electron chi connectivity index (χ3n) is 2.93. The molecule has 4 nitrogen and oxygen atoms in total. The molecule has 0 aliphatic rings. The van der Waals surface area contributed by atoms with Gasteiger partial charge >= 0.3 is 0 Å². The first kappa shape index (κ1) is 15.2. The average Bonchev–Trinajstić information content (AvgIpc) is 2.83. The number of halogens is 1. The Morgan fingerprint density at radius 3 is 2.48 bits per heavy atom. The first-order valence-corrected chi connectivity index (χ1v) is 7.21. The van der Waals surface area contributed by atoms with Crippen LogP contribution in [0.5, 0.6) is 0 Å². The van der Waals surface area contributed by atoms with Crippen molar-refractivity contribution in [3.63, 3.8) is 0 Å². The standard InChI is InChI=1S/C15H15FN2O2S/c1-8(2)12-7-10(13(17)19)15(21-12)18-14(20)9-5-3-4-6-11(9)16/h3-8H,1-2H3,(H2,17,19)(H,18,20). The fourth-order valence-electron chi connectivity index (χ4n) is 1.79. The summed E-state index contributed by atoms with van der Waals surface area (Å²) in [7, 11) is 0. The number of nitrogens with one attached hydrogen (secondary N) is 1. The van der Waals surface area contributed by atoms with Crippen molar-refractivity contribution in [3.05, 3.63) is 52.2 Å². The fraction of sp³-hybridized carbons (Fsp3) is 0.200. The Balaban J connectivity index is 2.33. The molecule has 2 rings (SSSR count). The van der Waals surface area contributed by atoms with E-state index in [1.807, 2.05) is 13.8 Å². The zero-order chi connectivity index (χ0) is 15.6. The maximum absolute atomic E-state index is 13.6. The van der Waals surface area contributed by atoms with Gasteiger partial charge in [-0.05, 0) is 24.1 Å². The van der Waals surface area contributed by atoms with E-state index in [0.29, 0.717) is 5.00 Å². The van der Waals surface area contributed by atoms with Crippen molar-refractivity contribution < 1.29 is 14.0 Å². The number of amides is 2. The summed E-state index contributed by atoms with van der Waals surface area (Å²) in [5.74, 6) is -1.64. The van der Waals surface area contributed by atoms with Crippen LogP contribution in [0.25, 0.3) is 0 Å². The Bertz CT molecular complexity index is 695. The van der Waals surface area contributed by atoms with E-state index in [4.69, 9.17) is 5.73 Å². The summed E-state index contributed by atoms with van der Waals surface area (Å²) in [5, 5.41) is 2.91. The van der Waals surface area contributed by atoms with Gasteiger partial charge in [0.15, 0.2) is 0 Å². The zero-order valence-electron chi connectivity index (χ0n) is 11.6. The molecule has 0 aliphatic heterocycles. The number of primary amides is 1. The summed E-state index contributed by atoms with van der Waals surface area (Å²) in [4.78, 5) is 24.5. The summed E-state index contributed by atoms with van der Waals surface area (Å²) in [5.41, 5.74) is 5.48. The highest BCUT2D eigenvalue weighted by Gasteiger charge is 2.19. The second-order valence-corrected chi connectivity index (χ2v) is 5.93. The van der Waals surface area contributed by atoms with Crippen LogP contribution in [0.15, 0.2) is 30.3 Å². The van der Waals surface area contributed by atoms with Gasteiger partial charge in [0.25, 0.3) is 11.8 Å². The van der Waals surface area contributed by atoms with Gasteiger partial charge in [-0.25, -0.2) is 4.39 Å². The number of rotatable bonds is 4. The lowest BCUT2D eigenvalue weighted by Crippen LogP contribution is -2.17. The molecule has 6 heteroatoms. The summed E-state index contributed by atoms with van der Waals surface area (Å²) in [6.45, 7) is 3.94. The van der Waals surface area contributed by atoms with Gasteiger partial charge in [-0.2, -0.15) is 0 Å². The van der Waals surface area contributed by atoms with Crippen LogP contribution in [0.2, 0.25) is 0 Å². The molecule has 0 fully saturated rings.